The molecule has 2 aliphatic heterocycles. The van der Waals surface area contributed by atoms with E-state index in [-0.39, 0.29) is 16.6 Å². The molecule has 2 heterocycles. The minimum Gasteiger partial charge on any atom is -0.325 e. The van der Waals surface area contributed by atoms with Gasteiger partial charge < -0.3 is 10.2 Å². The third-order valence-corrected chi connectivity index (χ3v) is 7.22. The Morgan fingerprint density at radius 3 is 2.53 bits per heavy atom. The predicted molar refractivity (Wildman–Crippen MR) is 119 cm³/mol. The molecule has 0 radical (unpaired) electrons. The summed E-state index contributed by atoms with van der Waals surface area (Å²) in [6, 6.07) is 8.86. The van der Waals surface area contributed by atoms with Crippen molar-refractivity contribution < 1.29 is 22.4 Å². The molecular weight excluding hydrogens is 435 g/mol. The van der Waals surface area contributed by atoms with Crippen LogP contribution in [-0.2, 0) is 21.2 Å². The van der Waals surface area contributed by atoms with E-state index in [9.17, 15) is 22.4 Å². The average molecular weight is 461 g/mol. The van der Waals surface area contributed by atoms with Gasteiger partial charge in [-0.3, -0.25) is 9.69 Å². The maximum absolute atomic E-state index is 13.3. The summed E-state index contributed by atoms with van der Waals surface area (Å²) >= 11 is 0. The van der Waals surface area contributed by atoms with Gasteiger partial charge in [0.25, 0.3) is 0 Å². The monoisotopic (exact) mass is 460 g/mol. The van der Waals surface area contributed by atoms with Gasteiger partial charge in [-0.2, -0.15) is 4.72 Å². The SMILES string of the molecule is CC(NS(=O)(=O)c1ccc2c(c1)CCN2C(=O)N1CCCC1)C(=O)Nc1cccc(F)c1. The number of urea groups is 1. The normalized spacial score (nSPS) is 16.7. The van der Waals surface area contributed by atoms with E-state index in [0.29, 0.717) is 13.0 Å². The lowest BCUT2D eigenvalue weighted by atomic mass is 10.2. The molecule has 2 aromatic carbocycles. The van der Waals surface area contributed by atoms with Crippen LogP contribution in [0.5, 0.6) is 0 Å². The lowest BCUT2D eigenvalue weighted by Gasteiger charge is -2.24. The first-order chi connectivity index (χ1) is 15.2. The van der Waals surface area contributed by atoms with Gasteiger partial charge in [-0.1, -0.05) is 6.07 Å². The summed E-state index contributed by atoms with van der Waals surface area (Å²) in [5.41, 5.74) is 1.73. The Kier molecular flexibility index (Phi) is 6.16. The Labute approximate surface area is 186 Å². The van der Waals surface area contributed by atoms with Crippen molar-refractivity contribution in [3.05, 3.63) is 53.8 Å². The maximum atomic E-state index is 13.3. The first-order valence-electron chi connectivity index (χ1n) is 10.5. The summed E-state index contributed by atoms with van der Waals surface area (Å²) in [6.45, 7) is 3.41. The fourth-order valence-electron chi connectivity index (χ4n) is 3.99. The summed E-state index contributed by atoms with van der Waals surface area (Å²) in [4.78, 5) is 28.6. The highest BCUT2D eigenvalue weighted by atomic mass is 32.2. The standard InChI is InChI=1S/C22H25FN4O4S/c1-15(21(28)24-18-6-4-5-17(23)14-18)25-32(30,31)19-7-8-20-16(13-19)9-12-27(20)22(29)26-10-2-3-11-26/h4-8,13-15,25H,2-3,9-12H2,1H3,(H,24,28). The van der Waals surface area contributed by atoms with Crippen LogP contribution in [0.2, 0.25) is 0 Å². The fraction of sp³-hybridized carbons (Fsp3) is 0.364. The molecule has 2 N–H and O–H groups in total. The van der Waals surface area contributed by atoms with Crippen LogP contribution in [-0.4, -0.2) is 50.9 Å². The van der Waals surface area contributed by atoms with E-state index in [1.807, 2.05) is 4.90 Å². The number of nitrogens with one attached hydrogen (secondary N) is 2. The maximum Gasteiger partial charge on any atom is 0.324 e. The van der Waals surface area contributed by atoms with E-state index in [0.717, 1.165) is 43.2 Å². The van der Waals surface area contributed by atoms with Gasteiger partial charge in [-0.25, -0.2) is 17.6 Å². The van der Waals surface area contributed by atoms with Crippen LogP contribution >= 0.6 is 0 Å². The molecular formula is C22H25FN4O4S. The molecule has 1 fully saturated rings. The number of fused-ring (bicyclic) bond motifs is 1. The molecule has 0 saturated carbocycles. The molecule has 2 aromatic rings. The lowest BCUT2D eigenvalue weighted by Crippen LogP contribution is -2.41. The minimum atomic E-state index is -3.98. The van der Waals surface area contributed by atoms with Crippen LogP contribution in [0.1, 0.15) is 25.3 Å². The Morgan fingerprint density at radius 1 is 1.06 bits per heavy atom. The minimum absolute atomic E-state index is 0.0251. The Morgan fingerprint density at radius 2 is 1.81 bits per heavy atom. The Hall–Kier alpha value is -2.98. The molecule has 10 heteroatoms. The number of halogens is 1. The molecule has 4 rings (SSSR count). The van der Waals surface area contributed by atoms with E-state index in [2.05, 4.69) is 10.0 Å². The van der Waals surface area contributed by atoms with Gasteiger partial charge >= 0.3 is 6.03 Å². The van der Waals surface area contributed by atoms with E-state index >= 15 is 0 Å². The van der Waals surface area contributed by atoms with Gasteiger partial charge in [0.2, 0.25) is 15.9 Å². The number of nitrogens with zero attached hydrogens (tertiary/aromatic N) is 2. The van der Waals surface area contributed by atoms with Crippen LogP contribution in [0.25, 0.3) is 0 Å². The number of carbonyl (C=O) groups is 2. The molecule has 0 spiro atoms. The first-order valence-corrected chi connectivity index (χ1v) is 12.0. The molecule has 3 amide bonds. The van der Waals surface area contributed by atoms with Crippen molar-refractivity contribution in [1.82, 2.24) is 9.62 Å². The third-order valence-electron chi connectivity index (χ3n) is 5.68. The Bertz CT molecular complexity index is 1150. The van der Waals surface area contributed by atoms with Crippen LogP contribution in [0.4, 0.5) is 20.6 Å². The van der Waals surface area contributed by atoms with Crippen molar-refractivity contribution in [2.24, 2.45) is 0 Å². The topological polar surface area (TPSA) is 98.8 Å². The average Bonchev–Trinajstić information content (AvgIpc) is 3.42. The number of likely N-dealkylation sites (tertiary alicyclic amines) is 1. The second kappa shape index (κ2) is 8.87. The molecule has 8 nitrogen and oxygen atoms in total. The zero-order chi connectivity index (χ0) is 22.9. The van der Waals surface area contributed by atoms with Crippen molar-refractivity contribution in [1.29, 1.82) is 0 Å². The number of sulfonamides is 1. The number of hydrogen-bond donors (Lipinski definition) is 2. The molecule has 1 atom stereocenters. The van der Waals surface area contributed by atoms with Crippen molar-refractivity contribution >= 4 is 33.3 Å². The highest BCUT2D eigenvalue weighted by Crippen LogP contribution is 2.31. The summed E-state index contributed by atoms with van der Waals surface area (Å²) in [5, 5.41) is 2.49. The largest absolute Gasteiger partial charge is 0.325 e. The molecule has 0 aromatic heterocycles. The van der Waals surface area contributed by atoms with E-state index in [4.69, 9.17) is 0 Å². The number of anilines is 2. The summed E-state index contributed by atoms with van der Waals surface area (Å²) in [6.07, 6.45) is 2.56. The molecule has 1 unspecified atom stereocenters. The van der Waals surface area contributed by atoms with Crippen molar-refractivity contribution in [2.45, 2.75) is 37.1 Å². The van der Waals surface area contributed by atoms with E-state index < -0.39 is 27.8 Å². The molecule has 2 aliphatic rings. The lowest BCUT2D eigenvalue weighted by molar-refractivity contribution is -0.117. The number of benzene rings is 2. The number of hydrogen-bond acceptors (Lipinski definition) is 4. The van der Waals surface area contributed by atoms with Gasteiger partial charge in [-0.15, -0.1) is 0 Å². The van der Waals surface area contributed by atoms with Crippen LogP contribution in [0, 0.1) is 5.82 Å². The number of carbonyl (C=O) groups excluding carboxylic acids is 2. The Balaban J connectivity index is 1.45. The van der Waals surface area contributed by atoms with Gasteiger partial charge in [0.05, 0.1) is 10.9 Å². The summed E-state index contributed by atoms with van der Waals surface area (Å²) in [5.74, 6) is -1.12. The third kappa shape index (κ3) is 4.61. The van der Waals surface area contributed by atoms with Crippen LogP contribution in [0.15, 0.2) is 47.4 Å². The summed E-state index contributed by atoms with van der Waals surface area (Å²) < 4.78 is 41.3. The highest BCUT2D eigenvalue weighted by molar-refractivity contribution is 7.89. The molecule has 0 aliphatic carbocycles. The second-order valence-corrected chi connectivity index (χ2v) is 9.73. The van der Waals surface area contributed by atoms with Crippen molar-refractivity contribution in [3.63, 3.8) is 0 Å². The van der Waals surface area contributed by atoms with Crippen LogP contribution < -0.4 is 14.9 Å². The van der Waals surface area contributed by atoms with E-state index in [1.165, 1.54) is 31.2 Å². The highest BCUT2D eigenvalue weighted by Gasteiger charge is 2.31. The van der Waals surface area contributed by atoms with Gasteiger partial charge in [0.15, 0.2) is 0 Å². The van der Waals surface area contributed by atoms with Crippen LogP contribution in [0.3, 0.4) is 0 Å². The van der Waals surface area contributed by atoms with Crippen molar-refractivity contribution in [2.75, 3.05) is 29.9 Å². The van der Waals surface area contributed by atoms with Crippen molar-refractivity contribution in [3.8, 4) is 0 Å². The van der Waals surface area contributed by atoms with Gasteiger partial charge in [0.1, 0.15) is 5.82 Å². The summed E-state index contributed by atoms with van der Waals surface area (Å²) in [7, 11) is -3.98. The van der Waals surface area contributed by atoms with E-state index in [1.54, 1.807) is 17.0 Å². The zero-order valence-corrected chi connectivity index (χ0v) is 18.5. The van der Waals surface area contributed by atoms with Gasteiger partial charge in [-0.05, 0) is 68.1 Å². The van der Waals surface area contributed by atoms with Gasteiger partial charge in [0, 0.05) is 31.0 Å². The zero-order valence-electron chi connectivity index (χ0n) is 17.7. The molecule has 32 heavy (non-hydrogen) atoms. The first kappa shape index (κ1) is 22.2. The molecule has 170 valence electrons. The number of amides is 3. The second-order valence-electron chi connectivity index (χ2n) is 8.01. The fourth-order valence-corrected chi connectivity index (χ4v) is 5.25. The number of rotatable bonds is 5. The predicted octanol–water partition coefficient (Wildman–Crippen LogP) is 2.71. The smallest absolute Gasteiger partial charge is 0.324 e. The quantitative estimate of drug-likeness (QED) is 0.717. The molecule has 1 saturated heterocycles. The molecule has 0 bridgehead atoms.